The van der Waals surface area contributed by atoms with E-state index in [0.29, 0.717) is 18.8 Å². The first-order valence-electron chi connectivity index (χ1n) is 11.9. The van der Waals surface area contributed by atoms with E-state index in [4.69, 9.17) is 18.9 Å². The monoisotopic (exact) mass is 490 g/mol. The molecule has 0 bridgehead atoms. The van der Waals surface area contributed by atoms with Crippen molar-refractivity contribution in [3.63, 3.8) is 0 Å². The van der Waals surface area contributed by atoms with E-state index in [1.165, 1.54) is 5.19 Å². The Morgan fingerprint density at radius 1 is 0.971 bits per heavy atom. The topological polar surface area (TPSA) is 57.2 Å². The molecule has 0 amide bonds. The molecule has 3 aromatic carbocycles. The highest BCUT2D eigenvalue weighted by Gasteiger charge is 2.34. The molecular formula is C29H34O5Si. The summed E-state index contributed by atoms with van der Waals surface area (Å²) in [7, 11) is -0.329. The van der Waals surface area contributed by atoms with Crippen LogP contribution in [0.1, 0.15) is 29.2 Å². The van der Waals surface area contributed by atoms with E-state index in [9.17, 15) is 5.11 Å². The summed E-state index contributed by atoms with van der Waals surface area (Å²) in [5.74, 6) is 1.43. The Bertz CT molecular complexity index is 1110. The van der Waals surface area contributed by atoms with Gasteiger partial charge in [0.25, 0.3) is 0 Å². The highest BCUT2D eigenvalue weighted by atomic mass is 28.3. The summed E-state index contributed by atoms with van der Waals surface area (Å²) in [6, 6.07) is 24.7. The second-order valence-corrected chi connectivity index (χ2v) is 14.2. The second kappa shape index (κ2) is 11.7. The molecule has 184 valence electrons. The van der Waals surface area contributed by atoms with Gasteiger partial charge in [0.1, 0.15) is 6.79 Å². The Labute approximate surface area is 208 Å². The van der Waals surface area contributed by atoms with Gasteiger partial charge in [-0.25, -0.2) is 0 Å². The van der Waals surface area contributed by atoms with Crippen molar-refractivity contribution in [3.8, 4) is 11.5 Å². The van der Waals surface area contributed by atoms with Crippen molar-refractivity contribution in [1.82, 2.24) is 0 Å². The minimum atomic E-state index is -1.95. The number of allylic oxidation sites excluding steroid dienone is 1. The van der Waals surface area contributed by atoms with Crippen LogP contribution in [0.2, 0.25) is 18.6 Å². The molecule has 1 aliphatic rings. The van der Waals surface area contributed by atoms with Gasteiger partial charge >= 0.3 is 0 Å². The van der Waals surface area contributed by atoms with Gasteiger partial charge in [-0.2, -0.15) is 0 Å². The highest BCUT2D eigenvalue weighted by Crippen LogP contribution is 2.38. The van der Waals surface area contributed by atoms with Gasteiger partial charge in [-0.3, -0.25) is 0 Å². The van der Waals surface area contributed by atoms with Crippen LogP contribution in [0.15, 0.2) is 78.9 Å². The number of benzene rings is 3. The van der Waals surface area contributed by atoms with E-state index in [2.05, 4.69) is 79.8 Å². The normalized spacial score (nSPS) is 14.9. The molecule has 1 aliphatic heterocycles. The van der Waals surface area contributed by atoms with Crippen molar-refractivity contribution < 1.29 is 24.1 Å². The Balaban J connectivity index is 1.54. The Kier molecular flexibility index (Phi) is 8.41. The third-order valence-corrected chi connectivity index (χ3v) is 10.8. The maximum atomic E-state index is 11.2. The van der Waals surface area contributed by atoms with Gasteiger partial charge in [-0.1, -0.05) is 91.1 Å². The van der Waals surface area contributed by atoms with Crippen LogP contribution in [0.4, 0.5) is 0 Å². The van der Waals surface area contributed by atoms with Gasteiger partial charge in [0.05, 0.1) is 20.8 Å². The summed E-state index contributed by atoms with van der Waals surface area (Å²) in [6.45, 7) is 5.79. The van der Waals surface area contributed by atoms with E-state index < -0.39 is 14.2 Å². The number of fused-ring (bicyclic) bond motifs is 1. The number of ether oxygens (including phenoxy) is 4. The van der Waals surface area contributed by atoms with Crippen molar-refractivity contribution in [2.24, 2.45) is 0 Å². The molecule has 0 radical (unpaired) electrons. The van der Waals surface area contributed by atoms with E-state index in [0.717, 1.165) is 22.4 Å². The van der Waals surface area contributed by atoms with Crippen molar-refractivity contribution in [1.29, 1.82) is 0 Å². The molecule has 3 aromatic rings. The first kappa shape index (κ1) is 25.2. The summed E-state index contributed by atoms with van der Waals surface area (Å²) in [4.78, 5) is 0. The largest absolute Gasteiger partial charge is 0.454 e. The van der Waals surface area contributed by atoms with Gasteiger partial charge in [-0.15, -0.1) is 0 Å². The van der Waals surface area contributed by atoms with Crippen LogP contribution in [-0.4, -0.2) is 33.9 Å². The van der Waals surface area contributed by atoms with Crippen molar-refractivity contribution in [2.45, 2.75) is 37.8 Å². The summed E-state index contributed by atoms with van der Waals surface area (Å²) >= 11 is 0. The summed E-state index contributed by atoms with van der Waals surface area (Å²) < 4.78 is 21.3. The predicted octanol–water partition coefficient (Wildman–Crippen LogP) is 5.66. The Hall–Kier alpha value is -2.90. The lowest BCUT2D eigenvalue weighted by molar-refractivity contribution is -0.0390. The molecule has 0 fully saturated rings. The number of aliphatic hydroxyl groups is 1. The molecule has 2 atom stereocenters. The minimum Gasteiger partial charge on any atom is -0.454 e. The van der Waals surface area contributed by atoms with Gasteiger partial charge in [0.15, 0.2) is 11.5 Å². The molecule has 5 nitrogen and oxygen atoms in total. The molecule has 35 heavy (non-hydrogen) atoms. The maximum Gasteiger partial charge on any atom is 0.231 e. The van der Waals surface area contributed by atoms with Crippen molar-refractivity contribution in [2.75, 3.05) is 20.7 Å². The SMILES string of the molecule is COCOCc1ccc(/C=C\[C@@H](C[C@H](O)c2ccc3c(c2)OCO3)[Si](C)(C)c2ccccc2)cc1. The van der Waals surface area contributed by atoms with Crippen LogP contribution in [0.3, 0.4) is 0 Å². The fraction of sp³-hybridized carbons (Fsp3) is 0.310. The highest BCUT2D eigenvalue weighted by molar-refractivity contribution is 6.91. The minimum absolute atomic E-state index is 0.218. The van der Waals surface area contributed by atoms with E-state index in [1.54, 1.807) is 7.11 Å². The average Bonchev–Trinajstić information content (AvgIpc) is 3.36. The molecule has 0 spiro atoms. The smallest absolute Gasteiger partial charge is 0.231 e. The fourth-order valence-electron chi connectivity index (χ4n) is 4.39. The van der Waals surface area contributed by atoms with E-state index in [-0.39, 0.29) is 19.1 Å². The molecule has 0 unspecified atom stereocenters. The molecule has 6 heteroatoms. The Morgan fingerprint density at radius 2 is 1.71 bits per heavy atom. The van der Waals surface area contributed by atoms with Gasteiger partial charge < -0.3 is 24.1 Å². The molecule has 1 N–H and O–H groups in total. The first-order chi connectivity index (χ1) is 17.0. The quantitative estimate of drug-likeness (QED) is 0.214. The molecule has 0 aromatic heterocycles. The standard InChI is InChI=1S/C29H34O5Si/c1-31-20-32-19-23-11-9-22(10-12-23)13-15-26(35(2,3)25-7-5-4-6-8-25)18-27(30)24-14-16-28-29(17-24)34-21-33-28/h4-17,26-27,30H,18-21H2,1-3H3/b15-13-/t26-,27-/m0/s1. The summed E-state index contributed by atoms with van der Waals surface area (Å²) in [5, 5.41) is 12.6. The van der Waals surface area contributed by atoms with Crippen LogP contribution >= 0.6 is 0 Å². The number of hydrogen-bond acceptors (Lipinski definition) is 5. The third-order valence-electron chi connectivity index (χ3n) is 6.67. The molecule has 0 aliphatic carbocycles. The van der Waals surface area contributed by atoms with Crippen LogP contribution < -0.4 is 14.7 Å². The predicted molar refractivity (Wildman–Crippen MR) is 142 cm³/mol. The molecular weight excluding hydrogens is 456 g/mol. The maximum absolute atomic E-state index is 11.2. The molecule has 4 rings (SSSR count). The van der Waals surface area contributed by atoms with Crippen LogP contribution in [0.5, 0.6) is 11.5 Å². The third kappa shape index (κ3) is 6.41. The zero-order chi connectivity index (χ0) is 24.7. The summed E-state index contributed by atoms with van der Waals surface area (Å²) in [5.41, 5.74) is 3.30. The lowest BCUT2D eigenvalue weighted by atomic mass is 10.0. The molecule has 1 heterocycles. The molecule has 0 saturated carbocycles. The number of aliphatic hydroxyl groups excluding tert-OH is 1. The number of rotatable bonds is 11. The number of hydrogen-bond donors (Lipinski definition) is 1. The first-order valence-corrected chi connectivity index (χ1v) is 15.0. The fourth-order valence-corrected chi connectivity index (χ4v) is 7.26. The van der Waals surface area contributed by atoms with E-state index in [1.807, 2.05) is 18.2 Å². The van der Waals surface area contributed by atoms with Crippen molar-refractivity contribution >= 4 is 19.3 Å². The lowest BCUT2D eigenvalue weighted by Crippen LogP contribution is -2.45. The average molecular weight is 491 g/mol. The van der Waals surface area contributed by atoms with Crippen LogP contribution in [0.25, 0.3) is 6.08 Å². The number of methoxy groups -OCH3 is 1. The zero-order valence-corrected chi connectivity index (χ0v) is 21.6. The second-order valence-electron chi connectivity index (χ2n) is 9.41. The van der Waals surface area contributed by atoms with Gasteiger partial charge in [0.2, 0.25) is 6.79 Å². The molecule has 0 saturated heterocycles. The van der Waals surface area contributed by atoms with Gasteiger partial charge in [-0.05, 0) is 40.8 Å². The van der Waals surface area contributed by atoms with Gasteiger partial charge in [0, 0.05) is 7.11 Å². The van der Waals surface area contributed by atoms with Crippen molar-refractivity contribution in [3.05, 3.63) is 95.6 Å². The van der Waals surface area contributed by atoms with Crippen LogP contribution in [0, 0.1) is 0 Å². The summed E-state index contributed by atoms with van der Waals surface area (Å²) in [6.07, 6.45) is 4.49. The lowest BCUT2D eigenvalue weighted by Gasteiger charge is -2.33. The van der Waals surface area contributed by atoms with E-state index >= 15 is 0 Å². The zero-order valence-electron chi connectivity index (χ0n) is 20.6. The van der Waals surface area contributed by atoms with Crippen LogP contribution in [-0.2, 0) is 16.1 Å². The Morgan fingerprint density at radius 3 is 2.46 bits per heavy atom.